The maximum absolute atomic E-state index is 14.0. The molecule has 0 aliphatic carbocycles. The molecular formula is C29H37FN2O5. The standard InChI is InChI=1S/C29H37FN2O5/c1-6-31(28(34)37-29(2,3)4)23-17-24(36-18-25(23)35-5)27(33)32-16-15-19-9-7-8-10-22(19)26(32)20-11-13-21(30)14-12-20/h7-14,23-26H,6,15-18H2,1-5H3/t23-,24+,25-,26-/m0/s1. The van der Waals surface area contributed by atoms with Gasteiger partial charge in [-0.1, -0.05) is 36.4 Å². The van der Waals surface area contributed by atoms with E-state index in [-0.39, 0.29) is 36.5 Å². The van der Waals surface area contributed by atoms with Crippen LogP contribution in [-0.2, 0) is 25.4 Å². The quantitative estimate of drug-likeness (QED) is 0.580. The maximum atomic E-state index is 14.0. The lowest BCUT2D eigenvalue weighted by Crippen LogP contribution is -2.58. The van der Waals surface area contributed by atoms with Gasteiger partial charge in [-0.05, 0) is 62.9 Å². The largest absolute Gasteiger partial charge is 0.444 e. The number of fused-ring (bicyclic) bond motifs is 1. The second kappa shape index (κ2) is 11.2. The molecule has 200 valence electrons. The molecule has 0 N–H and O–H groups in total. The molecule has 7 nitrogen and oxygen atoms in total. The van der Waals surface area contributed by atoms with Crippen molar-refractivity contribution in [2.24, 2.45) is 0 Å². The van der Waals surface area contributed by atoms with Crippen molar-refractivity contribution in [2.45, 2.75) is 70.4 Å². The number of amides is 2. The number of ether oxygens (including phenoxy) is 3. The minimum Gasteiger partial charge on any atom is -0.444 e. The van der Waals surface area contributed by atoms with Crippen LogP contribution in [0.25, 0.3) is 0 Å². The Balaban J connectivity index is 1.61. The molecule has 37 heavy (non-hydrogen) atoms. The number of rotatable bonds is 5. The van der Waals surface area contributed by atoms with Gasteiger partial charge >= 0.3 is 6.09 Å². The van der Waals surface area contributed by atoms with Gasteiger partial charge in [-0.2, -0.15) is 0 Å². The number of nitrogens with zero attached hydrogens (tertiary/aromatic N) is 2. The molecule has 0 spiro atoms. The van der Waals surface area contributed by atoms with Gasteiger partial charge in [0.05, 0.1) is 18.7 Å². The molecule has 0 saturated carbocycles. The predicted molar refractivity (Wildman–Crippen MR) is 138 cm³/mol. The Morgan fingerprint density at radius 1 is 1.14 bits per heavy atom. The van der Waals surface area contributed by atoms with E-state index < -0.39 is 17.8 Å². The van der Waals surface area contributed by atoms with Gasteiger partial charge in [0, 0.05) is 26.6 Å². The number of halogens is 1. The summed E-state index contributed by atoms with van der Waals surface area (Å²) in [7, 11) is 1.58. The monoisotopic (exact) mass is 512 g/mol. The van der Waals surface area contributed by atoms with Crippen molar-refractivity contribution in [2.75, 3.05) is 26.8 Å². The fraction of sp³-hybridized carbons (Fsp3) is 0.517. The highest BCUT2D eigenvalue weighted by molar-refractivity contribution is 5.82. The summed E-state index contributed by atoms with van der Waals surface area (Å²) in [5.74, 6) is -0.472. The number of carbonyl (C=O) groups excluding carboxylic acids is 2. The minimum atomic E-state index is -0.749. The van der Waals surface area contributed by atoms with Crippen molar-refractivity contribution in [3.8, 4) is 0 Å². The van der Waals surface area contributed by atoms with E-state index in [1.165, 1.54) is 17.7 Å². The van der Waals surface area contributed by atoms with E-state index in [1.807, 2.05) is 50.8 Å². The smallest absolute Gasteiger partial charge is 0.410 e. The average Bonchev–Trinajstić information content (AvgIpc) is 2.87. The van der Waals surface area contributed by atoms with Gasteiger partial charge in [0.2, 0.25) is 0 Å². The second-order valence-corrected chi connectivity index (χ2v) is 10.6. The van der Waals surface area contributed by atoms with Crippen LogP contribution in [-0.4, -0.2) is 72.5 Å². The van der Waals surface area contributed by atoms with Crippen LogP contribution in [0, 0.1) is 5.82 Å². The second-order valence-electron chi connectivity index (χ2n) is 10.6. The normalized spacial score (nSPS) is 23.8. The number of likely N-dealkylation sites (N-methyl/N-ethyl adjacent to an activating group) is 1. The highest BCUT2D eigenvalue weighted by Gasteiger charge is 2.43. The number of benzene rings is 2. The number of carbonyl (C=O) groups is 2. The molecule has 0 radical (unpaired) electrons. The van der Waals surface area contributed by atoms with Crippen molar-refractivity contribution < 1.29 is 28.2 Å². The maximum Gasteiger partial charge on any atom is 0.410 e. The van der Waals surface area contributed by atoms with E-state index in [1.54, 1.807) is 24.1 Å². The average molecular weight is 513 g/mol. The lowest BCUT2D eigenvalue weighted by atomic mass is 9.87. The van der Waals surface area contributed by atoms with Gasteiger partial charge in [0.25, 0.3) is 5.91 Å². The molecule has 2 amide bonds. The van der Waals surface area contributed by atoms with Crippen molar-refractivity contribution in [1.29, 1.82) is 0 Å². The molecular weight excluding hydrogens is 475 g/mol. The van der Waals surface area contributed by atoms with Crippen molar-refractivity contribution in [3.63, 3.8) is 0 Å². The molecule has 2 aromatic carbocycles. The summed E-state index contributed by atoms with van der Waals surface area (Å²) in [6.07, 6.45) is -0.562. The molecule has 2 aliphatic heterocycles. The zero-order chi connectivity index (χ0) is 26.7. The lowest BCUT2D eigenvalue weighted by Gasteiger charge is -2.44. The fourth-order valence-electron chi connectivity index (χ4n) is 5.30. The molecule has 2 heterocycles. The van der Waals surface area contributed by atoms with Gasteiger partial charge in [-0.3, -0.25) is 4.79 Å². The van der Waals surface area contributed by atoms with Gasteiger partial charge < -0.3 is 24.0 Å². The van der Waals surface area contributed by atoms with Gasteiger partial charge in [0.15, 0.2) is 0 Å². The van der Waals surface area contributed by atoms with Crippen LogP contribution < -0.4 is 0 Å². The van der Waals surface area contributed by atoms with Crippen LogP contribution in [0.2, 0.25) is 0 Å². The molecule has 2 aliphatic rings. The number of methoxy groups -OCH3 is 1. The topological polar surface area (TPSA) is 68.3 Å². The highest BCUT2D eigenvalue weighted by atomic mass is 19.1. The van der Waals surface area contributed by atoms with Crippen molar-refractivity contribution >= 4 is 12.0 Å². The van der Waals surface area contributed by atoms with Crippen LogP contribution in [0.3, 0.4) is 0 Å². The molecule has 1 saturated heterocycles. The van der Waals surface area contributed by atoms with Gasteiger partial charge in [0.1, 0.15) is 23.6 Å². The third kappa shape index (κ3) is 5.96. The minimum absolute atomic E-state index is 0.149. The summed E-state index contributed by atoms with van der Waals surface area (Å²) in [5.41, 5.74) is 2.40. The van der Waals surface area contributed by atoms with Crippen LogP contribution in [0.15, 0.2) is 48.5 Å². The van der Waals surface area contributed by atoms with E-state index in [4.69, 9.17) is 14.2 Å². The summed E-state index contributed by atoms with van der Waals surface area (Å²) >= 11 is 0. The molecule has 4 atom stereocenters. The first-order chi connectivity index (χ1) is 17.6. The summed E-state index contributed by atoms with van der Waals surface area (Å²) < 4.78 is 31.1. The number of hydrogen-bond donors (Lipinski definition) is 0. The Labute approximate surface area is 218 Å². The third-order valence-electron chi connectivity index (χ3n) is 7.05. The zero-order valence-corrected chi connectivity index (χ0v) is 22.3. The van der Waals surface area contributed by atoms with E-state index in [0.717, 1.165) is 17.5 Å². The SMILES string of the molecule is CCN(C(=O)OC(C)(C)C)[C@H]1C[C@H](C(=O)N2CCc3ccccc3[C@@H]2c2ccc(F)cc2)OC[C@@H]1OC. The number of hydrogen-bond acceptors (Lipinski definition) is 5. The lowest BCUT2D eigenvalue weighted by molar-refractivity contribution is -0.162. The predicted octanol–water partition coefficient (Wildman–Crippen LogP) is 4.73. The molecule has 2 aromatic rings. The Morgan fingerprint density at radius 3 is 2.49 bits per heavy atom. The van der Waals surface area contributed by atoms with Crippen LogP contribution in [0.1, 0.15) is 56.8 Å². The Bertz CT molecular complexity index is 1100. The Hall–Kier alpha value is -2.97. The Kier molecular flexibility index (Phi) is 8.19. The van der Waals surface area contributed by atoms with Crippen LogP contribution in [0.5, 0.6) is 0 Å². The van der Waals surface area contributed by atoms with Gasteiger partial charge in [-0.25, -0.2) is 9.18 Å². The van der Waals surface area contributed by atoms with E-state index in [0.29, 0.717) is 19.5 Å². The molecule has 0 aromatic heterocycles. The molecule has 8 heteroatoms. The molecule has 0 unspecified atom stereocenters. The highest BCUT2D eigenvalue weighted by Crippen LogP contribution is 2.37. The molecule has 1 fully saturated rings. The fourth-order valence-corrected chi connectivity index (χ4v) is 5.30. The van der Waals surface area contributed by atoms with Crippen molar-refractivity contribution in [1.82, 2.24) is 9.80 Å². The summed E-state index contributed by atoms with van der Waals surface area (Å²) in [6, 6.07) is 13.6. The summed E-state index contributed by atoms with van der Waals surface area (Å²) in [5, 5.41) is 0. The third-order valence-corrected chi connectivity index (χ3v) is 7.05. The van der Waals surface area contributed by atoms with E-state index in [9.17, 15) is 14.0 Å². The first-order valence-electron chi connectivity index (χ1n) is 12.9. The van der Waals surface area contributed by atoms with Gasteiger partial charge in [-0.15, -0.1) is 0 Å². The van der Waals surface area contributed by atoms with E-state index >= 15 is 0 Å². The summed E-state index contributed by atoms with van der Waals surface area (Å²) in [6.45, 7) is 8.47. The zero-order valence-electron chi connectivity index (χ0n) is 22.3. The molecule has 0 bridgehead atoms. The van der Waals surface area contributed by atoms with E-state index in [2.05, 4.69) is 6.07 Å². The summed E-state index contributed by atoms with van der Waals surface area (Å²) in [4.78, 5) is 30.5. The first-order valence-corrected chi connectivity index (χ1v) is 12.9. The molecule has 4 rings (SSSR count). The van der Waals surface area contributed by atoms with Crippen molar-refractivity contribution in [3.05, 3.63) is 71.0 Å². The Morgan fingerprint density at radius 2 is 1.84 bits per heavy atom. The van der Waals surface area contributed by atoms with Crippen LogP contribution >= 0.6 is 0 Å². The van der Waals surface area contributed by atoms with Crippen LogP contribution in [0.4, 0.5) is 9.18 Å². The first kappa shape index (κ1) is 27.1.